The van der Waals surface area contributed by atoms with Crippen molar-refractivity contribution in [2.24, 2.45) is 28.9 Å². The van der Waals surface area contributed by atoms with Gasteiger partial charge in [-0.15, -0.1) is 0 Å². The number of carbonyl (C=O) groups excluding carboxylic acids is 10. The van der Waals surface area contributed by atoms with E-state index in [1.54, 1.807) is 38.1 Å². The zero-order valence-electron chi connectivity index (χ0n) is 41.5. The Bertz CT molecular complexity index is 2360. The van der Waals surface area contributed by atoms with Gasteiger partial charge in [-0.1, -0.05) is 13.8 Å². The number of nitrogens with two attached hydrogens (primary N) is 4. The molecule has 2 aromatic rings. The summed E-state index contributed by atoms with van der Waals surface area (Å²) in [6.07, 6.45) is -2.26. The van der Waals surface area contributed by atoms with Crippen LogP contribution in [0, 0.1) is 5.92 Å². The smallest absolute Gasteiger partial charge is 0.305 e. The van der Waals surface area contributed by atoms with Gasteiger partial charge in [-0.3, -0.25) is 57.5 Å². The van der Waals surface area contributed by atoms with E-state index in [1.807, 2.05) is 0 Å². The average Bonchev–Trinajstić information content (AvgIpc) is 3.78. The maximum Gasteiger partial charge on any atom is 0.305 e. The Morgan fingerprint density at radius 3 is 1.78 bits per heavy atom. The molecule has 0 aliphatic carbocycles. The second-order valence-corrected chi connectivity index (χ2v) is 18.0. The maximum absolute atomic E-state index is 14.2. The van der Waals surface area contributed by atoms with E-state index < -0.39 is 127 Å². The third kappa shape index (κ3) is 19.8. The van der Waals surface area contributed by atoms with Crippen molar-refractivity contribution in [3.63, 3.8) is 0 Å². The summed E-state index contributed by atoms with van der Waals surface area (Å²) in [5.74, 6) is -10.5. The molecule has 74 heavy (non-hydrogen) atoms. The molecule has 404 valence electrons. The van der Waals surface area contributed by atoms with E-state index in [-0.39, 0.29) is 69.6 Å². The van der Waals surface area contributed by atoms with Crippen LogP contribution in [0.1, 0.15) is 105 Å². The Labute approximate surface area is 426 Å². The van der Waals surface area contributed by atoms with Crippen LogP contribution in [0.5, 0.6) is 11.5 Å². The highest BCUT2D eigenvalue weighted by molar-refractivity contribution is 5.99. The fraction of sp³-hybridized carbons (Fsp3) is 0.500. The number of likely N-dealkylation sites (tertiary alicyclic amines) is 1. The number of carbonyl (C=O) groups is 12. The quantitative estimate of drug-likeness (QED) is 0.0376. The van der Waals surface area contributed by atoms with Crippen LogP contribution in [0.3, 0.4) is 0 Å². The van der Waals surface area contributed by atoms with Crippen LogP contribution in [0.25, 0.3) is 0 Å². The fourth-order valence-corrected chi connectivity index (χ4v) is 7.96. The molecule has 0 unspecified atom stereocenters. The zero-order valence-corrected chi connectivity index (χ0v) is 41.5. The number of aliphatic carboxylic acids is 2. The summed E-state index contributed by atoms with van der Waals surface area (Å²) >= 11 is 0. The highest BCUT2D eigenvalue weighted by Crippen LogP contribution is 2.25. The molecule has 0 aromatic heterocycles. The molecule has 0 radical (unpaired) electrons. The Balaban J connectivity index is 1.66. The molecule has 1 fully saturated rings. The lowest BCUT2D eigenvalue weighted by atomic mass is 9.99. The van der Waals surface area contributed by atoms with Gasteiger partial charge in [0.1, 0.15) is 41.7 Å². The second kappa shape index (κ2) is 29.4. The second-order valence-electron chi connectivity index (χ2n) is 18.0. The summed E-state index contributed by atoms with van der Waals surface area (Å²) in [7, 11) is 1.27. The summed E-state index contributed by atoms with van der Waals surface area (Å²) in [4.78, 5) is 156. The number of carboxylic acid groups (broad SMARTS) is 2. The van der Waals surface area contributed by atoms with Crippen molar-refractivity contribution in [2.75, 3.05) is 26.7 Å². The summed E-state index contributed by atoms with van der Waals surface area (Å²) in [5, 5.41) is 31.2. The van der Waals surface area contributed by atoms with Crippen LogP contribution in [0.15, 0.2) is 48.5 Å². The zero-order chi connectivity index (χ0) is 55.2. The molecule has 6 atom stereocenters. The minimum Gasteiger partial charge on any atom is -0.481 e. The van der Waals surface area contributed by atoms with Crippen LogP contribution >= 0.6 is 0 Å². The summed E-state index contributed by atoms with van der Waals surface area (Å²) < 4.78 is 5.71. The lowest BCUT2D eigenvalue weighted by Gasteiger charge is -2.35. The van der Waals surface area contributed by atoms with E-state index in [2.05, 4.69) is 26.6 Å². The van der Waals surface area contributed by atoms with Crippen LogP contribution in [0.4, 0.5) is 0 Å². The molecule has 1 aliphatic rings. The van der Waals surface area contributed by atoms with Gasteiger partial charge in [-0.25, -0.2) is 0 Å². The van der Waals surface area contributed by atoms with Gasteiger partial charge >= 0.3 is 11.9 Å². The SMILES string of the molecule is CC(C)C[C@H](NC(=O)[C@H](CCN)NC(=O)[C@H](CC(=O)O)NC(=O)[C@H](CC(N)=O)NC(=O)CCCNC(=O)c1ccc(Oc2ccc(C(N)=O)cc2)cc1)C(=O)N(C)[C@@H](CCC(=O)O)C(=O)N1CCC[C@H]1CC(N)=O. The van der Waals surface area contributed by atoms with Crippen molar-refractivity contribution in [1.82, 2.24) is 36.4 Å². The van der Waals surface area contributed by atoms with Crippen molar-refractivity contribution in [3.05, 3.63) is 59.7 Å². The Kier molecular flexibility index (Phi) is 23.9. The predicted octanol–water partition coefficient (Wildman–Crippen LogP) is -1.67. The summed E-state index contributed by atoms with van der Waals surface area (Å²) in [5.41, 5.74) is 22.3. The molecular formula is C48H67N11O15. The minimum atomic E-state index is -1.91. The van der Waals surface area contributed by atoms with Gasteiger partial charge in [-0.2, -0.15) is 0 Å². The molecule has 26 heteroatoms. The third-order valence-electron chi connectivity index (χ3n) is 11.7. The van der Waals surface area contributed by atoms with E-state index in [0.29, 0.717) is 29.9 Å². The lowest BCUT2D eigenvalue weighted by Crippen LogP contribution is -2.60. The summed E-state index contributed by atoms with van der Waals surface area (Å²) in [6.45, 7) is 3.49. The van der Waals surface area contributed by atoms with E-state index in [9.17, 15) is 67.7 Å². The van der Waals surface area contributed by atoms with E-state index in [1.165, 1.54) is 36.2 Å². The number of primary amides is 3. The number of hydrogen-bond acceptors (Lipinski definition) is 14. The first-order valence-electron chi connectivity index (χ1n) is 23.8. The topological polar surface area (TPSA) is 425 Å². The van der Waals surface area contributed by atoms with Gasteiger partial charge in [0.05, 0.1) is 12.8 Å². The Hall–Kier alpha value is -8.16. The van der Waals surface area contributed by atoms with Gasteiger partial charge in [0, 0.05) is 56.6 Å². The molecule has 0 bridgehead atoms. The number of ether oxygens (including phenoxy) is 1. The largest absolute Gasteiger partial charge is 0.481 e. The predicted molar refractivity (Wildman–Crippen MR) is 262 cm³/mol. The van der Waals surface area contributed by atoms with Crippen molar-refractivity contribution < 1.29 is 72.5 Å². The van der Waals surface area contributed by atoms with E-state index in [4.69, 9.17) is 27.7 Å². The average molecular weight is 1040 g/mol. The number of hydrogen-bond donors (Lipinski definition) is 11. The molecular weight excluding hydrogens is 971 g/mol. The molecule has 0 saturated carbocycles. The van der Waals surface area contributed by atoms with Gasteiger partial charge in [0.15, 0.2) is 0 Å². The standard InChI is InChI=1S/C48H67N11O15/c1-26(2)22-35(47(72)58(3)36(16-17-40(63)64)48(73)59-21-5-6-29(59)23-37(50)60)57-44(69)32(18-19-49)55-46(71)34(25-41(65)66)56-45(70)33(24-38(51)61)54-39(62)7-4-20-53-43(68)28-10-14-31(15-11-28)74-30-12-8-27(9-13-30)42(52)67/h8-15,26,29,32-36H,4-7,16-25,49H2,1-3H3,(H2,50,60)(H2,51,61)(H2,52,67)(H,53,68)(H,54,62)(H,55,71)(H,56,70)(H,57,69)(H,63,64)(H,65,66)/t29-,32-,33-,34-,35-,36-/m0/s1. The number of rotatable bonds is 31. The molecule has 2 aromatic carbocycles. The number of nitrogens with zero attached hydrogens (tertiary/aromatic N) is 2. The molecule has 3 rings (SSSR count). The van der Waals surface area contributed by atoms with E-state index >= 15 is 0 Å². The molecule has 1 heterocycles. The van der Waals surface area contributed by atoms with Gasteiger partial charge in [-0.05, 0) is 99.5 Å². The first-order valence-corrected chi connectivity index (χ1v) is 23.8. The highest BCUT2D eigenvalue weighted by atomic mass is 16.5. The minimum absolute atomic E-state index is 0.00331. The monoisotopic (exact) mass is 1040 g/mol. The van der Waals surface area contributed by atoms with Gasteiger partial charge < -0.3 is 74.3 Å². The lowest BCUT2D eigenvalue weighted by molar-refractivity contribution is -0.148. The molecule has 15 N–H and O–H groups in total. The molecule has 1 aliphatic heterocycles. The number of carboxylic acids is 2. The summed E-state index contributed by atoms with van der Waals surface area (Å²) in [6, 6.07) is 3.81. The fourth-order valence-electron chi connectivity index (χ4n) is 7.96. The first kappa shape index (κ1) is 60.1. The van der Waals surface area contributed by atoms with Crippen molar-refractivity contribution in [1.29, 1.82) is 0 Å². The van der Waals surface area contributed by atoms with Crippen LogP contribution < -0.4 is 54.3 Å². The number of amides is 10. The van der Waals surface area contributed by atoms with Crippen molar-refractivity contribution in [3.8, 4) is 11.5 Å². The van der Waals surface area contributed by atoms with Gasteiger partial charge in [0.25, 0.3) is 5.91 Å². The molecule has 0 spiro atoms. The molecule has 10 amide bonds. The Morgan fingerprint density at radius 1 is 0.703 bits per heavy atom. The van der Waals surface area contributed by atoms with Crippen LogP contribution in [-0.2, 0) is 47.9 Å². The molecule has 1 saturated heterocycles. The van der Waals surface area contributed by atoms with E-state index in [0.717, 1.165) is 4.90 Å². The normalized spacial score (nSPS) is 15.0. The highest BCUT2D eigenvalue weighted by Gasteiger charge is 2.40. The first-order chi connectivity index (χ1) is 34.9. The maximum atomic E-state index is 14.2. The number of likely N-dealkylation sites (N-methyl/N-ethyl adjacent to an activating group) is 1. The van der Waals surface area contributed by atoms with Gasteiger partial charge in [0.2, 0.25) is 53.2 Å². The third-order valence-corrected chi connectivity index (χ3v) is 11.7. The van der Waals surface area contributed by atoms with Crippen molar-refractivity contribution >= 4 is 71.0 Å². The van der Waals surface area contributed by atoms with Crippen molar-refractivity contribution in [2.45, 2.75) is 121 Å². The number of benzene rings is 2. The number of nitrogens with one attached hydrogen (secondary N) is 5. The Morgan fingerprint density at radius 2 is 1.26 bits per heavy atom. The molecule has 26 nitrogen and oxygen atoms in total. The van der Waals surface area contributed by atoms with Crippen LogP contribution in [0.2, 0.25) is 0 Å². The van der Waals surface area contributed by atoms with Crippen LogP contribution in [-0.4, -0.2) is 154 Å².